The van der Waals surface area contributed by atoms with Crippen molar-refractivity contribution in [3.05, 3.63) is 0 Å². The molecule has 0 saturated heterocycles. The van der Waals surface area contributed by atoms with Crippen LogP contribution in [-0.4, -0.2) is 18.1 Å². The summed E-state index contributed by atoms with van der Waals surface area (Å²) in [5.41, 5.74) is 4.60. The van der Waals surface area contributed by atoms with Gasteiger partial charge in [0, 0.05) is 6.42 Å². The van der Waals surface area contributed by atoms with Gasteiger partial charge in [0.25, 0.3) is 0 Å². The van der Waals surface area contributed by atoms with E-state index in [0.29, 0.717) is 6.92 Å². The van der Waals surface area contributed by atoms with Crippen LogP contribution in [0.2, 0.25) is 0 Å². The molecule has 2 N–H and O–H groups in total. The average molecular weight is 191 g/mol. The van der Waals surface area contributed by atoms with Gasteiger partial charge in [-0.1, -0.05) is 0 Å². The lowest BCUT2D eigenvalue weighted by Crippen LogP contribution is -2.38. The third-order valence-corrected chi connectivity index (χ3v) is 1.31. The Balaban J connectivity index is 3.80. The van der Waals surface area contributed by atoms with Gasteiger partial charge in [-0.25, -0.2) is 8.78 Å². The molecular weight excluding hydrogens is 181 g/mol. The Morgan fingerprint density at radius 1 is 1.17 bits per heavy atom. The van der Waals surface area contributed by atoms with E-state index in [2.05, 4.69) is 5.73 Å². The second-order valence-corrected chi connectivity index (χ2v) is 2.76. The maximum absolute atomic E-state index is 12.0. The van der Waals surface area contributed by atoms with Gasteiger partial charge in [0.1, 0.15) is 6.04 Å². The molecule has 0 saturated carbocycles. The molecule has 0 aliphatic heterocycles. The van der Waals surface area contributed by atoms with Crippen molar-refractivity contribution in [2.75, 3.05) is 0 Å². The molecular formula is C6H10F5N. The topological polar surface area (TPSA) is 26.0 Å². The minimum absolute atomic E-state index is 0.566. The Kier molecular flexibility index (Phi) is 3.44. The van der Waals surface area contributed by atoms with Gasteiger partial charge in [0.05, 0.1) is 0 Å². The lowest BCUT2D eigenvalue weighted by atomic mass is 10.1. The van der Waals surface area contributed by atoms with Crippen molar-refractivity contribution in [2.45, 2.75) is 37.9 Å². The van der Waals surface area contributed by atoms with Crippen LogP contribution in [0, 0.1) is 0 Å². The van der Waals surface area contributed by atoms with Gasteiger partial charge in [0.2, 0.25) is 5.92 Å². The molecule has 0 aliphatic rings. The lowest BCUT2D eigenvalue weighted by Gasteiger charge is -2.17. The van der Waals surface area contributed by atoms with Gasteiger partial charge >= 0.3 is 6.18 Å². The highest BCUT2D eigenvalue weighted by Crippen LogP contribution is 2.26. The van der Waals surface area contributed by atoms with E-state index in [9.17, 15) is 22.0 Å². The van der Waals surface area contributed by atoms with Crippen molar-refractivity contribution < 1.29 is 22.0 Å². The average Bonchev–Trinajstić information content (AvgIpc) is 1.78. The predicted molar refractivity (Wildman–Crippen MR) is 33.9 cm³/mol. The number of hydrogen-bond acceptors (Lipinski definition) is 1. The zero-order valence-corrected chi connectivity index (χ0v) is 6.46. The summed E-state index contributed by atoms with van der Waals surface area (Å²) in [5, 5.41) is 0. The van der Waals surface area contributed by atoms with Crippen LogP contribution < -0.4 is 5.73 Å². The molecule has 0 radical (unpaired) electrons. The van der Waals surface area contributed by atoms with Crippen LogP contribution in [-0.2, 0) is 0 Å². The highest BCUT2D eigenvalue weighted by molar-refractivity contribution is 4.73. The van der Waals surface area contributed by atoms with E-state index in [1.165, 1.54) is 0 Å². The molecule has 0 aliphatic carbocycles. The maximum atomic E-state index is 12.0. The summed E-state index contributed by atoms with van der Waals surface area (Å²) in [7, 11) is 0. The summed E-state index contributed by atoms with van der Waals surface area (Å²) < 4.78 is 59.1. The monoisotopic (exact) mass is 191 g/mol. The summed E-state index contributed by atoms with van der Waals surface area (Å²) in [4.78, 5) is 0. The zero-order chi connectivity index (χ0) is 9.99. The first-order valence-electron chi connectivity index (χ1n) is 3.33. The zero-order valence-electron chi connectivity index (χ0n) is 6.46. The van der Waals surface area contributed by atoms with Gasteiger partial charge in [-0.15, -0.1) is 0 Å². The van der Waals surface area contributed by atoms with Crippen LogP contribution in [0.4, 0.5) is 22.0 Å². The molecule has 0 aromatic carbocycles. The van der Waals surface area contributed by atoms with E-state index in [1.54, 1.807) is 0 Å². The fourth-order valence-electron chi connectivity index (χ4n) is 0.573. The standard InChI is InChI=1S/C6H10F5N/c1-5(7,8)3-2-4(12)6(9,10)11/h4H,2-3,12H2,1H3/t4-/m0/s1. The lowest BCUT2D eigenvalue weighted by molar-refractivity contribution is -0.152. The number of nitrogens with two attached hydrogens (primary N) is 1. The maximum Gasteiger partial charge on any atom is 0.403 e. The molecule has 0 heterocycles. The molecule has 1 nitrogen and oxygen atoms in total. The first-order chi connectivity index (χ1) is 5.13. The van der Waals surface area contributed by atoms with Crippen molar-refractivity contribution >= 4 is 0 Å². The van der Waals surface area contributed by atoms with Crippen LogP contribution in [0.15, 0.2) is 0 Å². The molecule has 0 aromatic rings. The largest absolute Gasteiger partial charge is 0.403 e. The van der Waals surface area contributed by atoms with E-state index in [-0.39, 0.29) is 0 Å². The Hall–Kier alpha value is -0.390. The number of halogens is 5. The third-order valence-electron chi connectivity index (χ3n) is 1.31. The molecule has 0 fully saturated rings. The summed E-state index contributed by atoms with van der Waals surface area (Å²) in [6.45, 7) is 0.566. The fraction of sp³-hybridized carbons (Fsp3) is 1.00. The summed E-state index contributed by atoms with van der Waals surface area (Å²) in [6, 6.07) is -2.15. The van der Waals surface area contributed by atoms with Gasteiger partial charge in [0.15, 0.2) is 0 Å². The van der Waals surface area contributed by atoms with E-state index in [0.717, 1.165) is 0 Å². The molecule has 6 heteroatoms. The Bertz CT molecular complexity index is 136. The van der Waals surface area contributed by atoms with Crippen LogP contribution in [0.5, 0.6) is 0 Å². The van der Waals surface area contributed by atoms with Crippen molar-refractivity contribution in [1.29, 1.82) is 0 Å². The highest BCUT2D eigenvalue weighted by atomic mass is 19.4. The minimum Gasteiger partial charge on any atom is -0.320 e. The second kappa shape index (κ2) is 3.55. The predicted octanol–water partition coefficient (Wildman–Crippen LogP) is 2.31. The van der Waals surface area contributed by atoms with Gasteiger partial charge in [-0.2, -0.15) is 13.2 Å². The van der Waals surface area contributed by atoms with E-state index in [1.807, 2.05) is 0 Å². The summed E-state index contributed by atoms with van der Waals surface area (Å²) >= 11 is 0. The van der Waals surface area contributed by atoms with E-state index < -0.39 is 31.0 Å². The van der Waals surface area contributed by atoms with Crippen molar-refractivity contribution in [3.8, 4) is 0 Å². The Morgan fingerprint density at radius 2 is 1.58 bits per heavy atom. The van der Waals surface area contributed by atoms with Gasteiger partial charge < -0.3 is 5.73 Å². The van der Waals surface area contributed by atoms with Crippen molar-refractivity contribution in [2.24, 2.45) is 5.73 Å². The fourth-order valence-corrected chi connectivity index (χ4v) is 0.573. The molecule has 1 atom stereocenters. The minimum atomic E-state index is -4.58. The molecule has 0 bridgehead atoms. The molecule has 74 valence electrons. The van der Waals surface area contributed by atoms with Crippen molar-refractivity contribution in [3.63, 3.8) is 0 Å². The van der Waals surface area contributed by atoms with Crippen LogP contribution >= 0.6 is 0 Å². The first-order valence-corrected chi connectivity index (χ1v) is 3.33. The highest BCUT2D eigenvalue weighted by Gasteiger charge is 2.38. The molecule has 0 unspecified atom stereocenters. The van der Waals surface area contributed by atoms with Crippen LogP contribution in [0.1, 0.15) is 19.8 Å². The molecule has 0 aromatic heterocycles. The third kappa shape index (κ3) is 5.29. The SMILES string of the molecule is CC(F)(F)CC[C@H](N)C(F)(F)F. The number of alkyl halides is 5. The Morgan fingerprint density at radius 3 is 1.83 bits per heavy atom. The van der Waals surface area contributed by atoms with E-state index >= 15 is 0 Å². The summed E-state index contributed by atoms with van der Waals surface area (Å²) in [6.07, 6.45) is -6.16. The Labute approximate surface area is 66.7 Å². The number of hydrogen-bond donors (Lipinski definition) is 1. The smallest absolute Gasteiger partial charge is 0.320 e. The first kappa shape index (κ1) is 11.6. The molecule has 0 amide bonds. The number of rotatable bonds is 3. The van der Waals surface area contributed by atoms with Gasteiger partial charge in [-0.05, 0) is 13.3 Å². The van der Waals surface area contributed by atoms with Crippen LogP contribution in [0.25, 0.3) is 0 Å². The molecule has 0 spiro atoms. The normalized spacial score (nSPS) is 16.2. The van der Waals surface area contributed by atoms with Gasteiger partial charge in [-0.3, -0.25) is 0 Å². The van der Waals surface area contributed by atoms with E-state index in [4.69, 9.17) is 0 Å². The van der Waals surface area contributed by atoms with Crippen molar-refractivity contribution in [1.82, 2.24) is 0 Å². The summed E-state index contributed by atoms with van der Waals surface area (Å²) in [5.74, 6) is -3.08. The van der Waals surface area contributed by atoms with Crippen LogP contribution in [0.3, 0.4) is 0 Å². The molecule has 12 heavy (non-hydrogen) atoms. The molecule has 0 rings (SSSR count). The second-order valence-electron chi connectivity index (χ2n) is 2.76. The quantitative estimate of drug-likeness (QED) is 0.680.